The van der Waals surface area contributed by atoms with Crippen LogP contribution in [-0.2, 0) is 4.74 Å². The maximum atomic E-state index is 11.6. The third-order valence-corrected chi connectivity index (χ3v) is 3.26. The summed E-state index contributed by atoms with van der Waals surface area (Å²) < 4.78 is 5.33. The van der Waals surface area contributed by atoms with Gasteiger partial charge in [0.2, 0.25) is 0 Å². The van der Waals surface area contributed by atoms with E-state index < -0.39 is 0 Å². The van der Waals surface area contributed by atoms with Gasteiger partial charge in [0.15, 0.2) is 5.69 Å². The van der Waals surface area contributed by atoms with Gasteiger partial charge in [-0.15, -0.1) is 10.2 Å². The van der Waals surface area contributed by atoms with Crippen LogP contribution >= 0.6 is 0 Å². The van der Waals surface area contributed by atoms with E-state index in [4.69, 9.17) is 4.74 Å². The van der Waals surface area contributed by atoms with Gasteiger partial charge in [-0.2, -0.15) is 0 Å². The predicted octanol–water partition coefficient (Wildman–Crippen LogP) is 0.359. The second-order valence-electron chi connectivity index (χ2n) is 5.12. The highest BCUT2D eigenvalue weighted by Crippen LogP contribution is 2.06. The van der Waals surface area contributed by atoms with E-state index in [-0.39, 0.29) is 11.9 Å². The number of amides is 1. The van der Waals surface area contributed by atoms with Gasteiger partial charge >= 0.3 is 0 Å². The lowest BCUT2D eigenvalue weighted by Gasteiger charge is -2.29. The summed E-state index contributed by atoms with van der Waals surface area (Å²) >= 11 is 0. The van der Waals surface area contributed by atoms with E-state index in [1.807, 2.05) is 6.92 Å². The number of aromatic nitrogens is 2. The van der Waals surface area contributed by atoms with Crippen LogP contribution in [0.5, 0.6) is 0 Å². The second kappa shape index (κ2) is 7.90. The molecule has 1 aliphatic rings. The molecule has 1 fully saturated rings. The first-order chi connectivity index (χ1) is 10.2. The summed E-state index contributed by atoms with van der Waals surface area (Å²) in [6.45, 7) is 9.02. The third-order valence-electron chi connectivity index (χ3n) is 3.26. The molecule has 0 spiro atoms. The topological polar surface area (TPSA) is 79.4 Å². The van der Waals surface area contributed by atoms with Gasteiger partial charge in [-0.25, -0.2) is 0 Å². The molecule has 1 aromatic rings. The molecule has 2 N–H and O–H groups in total. The smallest absolute Gasteiger partial charge is 0.271 e. The van der Waals surface area contributed by atoms with Crippen LogP contribution in [0.3, 0.4) is 0 Å². The summed E-state index contributed by atoms with van der Waals surface area (Å²) in [7, 11) is 0. The Morgan fingerprint density at radius 3 is 2.76 bits per heavy atom. The number of hydrogen-bond donors (Lipinski definition) is 2. The van der Waals surface area contributed by atoms with E-state index in [2.05, 4.69) is 32.7 Å². The van der Waals surface area contributed by atoms with Gasteiger partial charge in [0, 0.05) is 32.2 Å². The monoisotopic (exact) mass is 293 g/mol. The van der Waals surface area contributed by atoms with Crippen LogP contribution in [0.4, 0.5) is 5.82 Å². The molecule has 0 saturated carbocycles. The first kappa shape index (κ1) is 15.7. The van der Waals surface area contributed by atoms with Crippen molar-refractivity contribution in [2.45, 2.75) is 19.9 Å². The van der Waals surface area contributed by atoms with E-state index in [0.29, 0.717) is 18.1 Å². The molecule has 2 heterocycles. The van der Waals surface area contributed by atoms with E-state index in [9.17, 15) is 4.79 Å². The summed E-state index contributed by atoms with van der Waals surface area (Å²) in [4.78, 5) is 13.9. The zero-order valence-corrected chi connectivity index (χ0v) is 12.6. The van der Waals surface area contributed by atoms with Crippen molar-refractivity contribution in [3.63, 3.8) is 0 Å². The Kier molecular flexibility index (Phi) is 5.89. The number of hydrogen-bond acceptors (Lipinski definition) is 6. The SMILES string of the molecule is CCNC(=O)c1ccc(NC(C)CN2CCOCC2)nn1. The average molecular weight is 293 g/mol. The number of anilines is 1. The molecule has 1 aliphatic heterocycles. The molecule has 2 rings (SSSR count). The Labute approximate surface area is 125 Å². The molecular formula is C14H23N5O2. The van der Waals surface area contributed by atoms with Crippen LogP contribution in [0.25, 0.3) is 0 Å². The molecule has 0 radical (unpaired) electrons. The van der Waals surface area contributed by atoms with Crippen molar-refractivity contribution in [1.29, 1.82) is 0 Å². The van der Waals surface area contributed by atoms with Gasteiger partial charge in [0.05, 0.1) is 13.2 Å². The predicted molar refractivity (Wildman–Crippen MR) is 80.4 cm³/mol. The van der Waals surface area contributed by atoms with E-state index in [0.717, 1.165) is 32.8 Å². The molecular weight excluding hydrogens is 270 g/mol. The first-order valence-corrected chi connectivity index (χ1v) is 7.37. The minimum atomic E-state index is -0.196. The van der Waals surface area contributed by atoms with E-state index >= 15 is 0 Å². The van der Waals surface area contributed by atoms with Gasteiger partial charge in [0.25, 0.3) is 5.91 Å². The fourth-order valence-corrected chi connectivity index (χ4v) is 2.25. The number of ether oxygens (including phenoxy) is 1. The third kappa shape index (κ3) is 4.95. The fraction of sp³-hybridized carbons (Fsp3) is 0.643. The van der Waals surface area contributed by atoms with Crippen molar-refractivity contribution in [1.82, 2.24) is 20.4 Å². The summed E-state index contributed by atoms with van der Waals surface area (Å²) in [5.41, 5.74) is 0.336. The molecule has 1 aromatic heterocycles. The summed E-state index contributed by atoms with van der Waals surface area (Å²) in [6, 6.07) is 3.72. The molecule has 0 bridgehead atoms. The fourth-order valence-electron chi connectivity index (χ4n) is 2.25. The zero-order valence-electron chi connectivity index (χ0n) is 12.6. The molecule has 1 amide bonds. The molecule has 7 heteroatoms. The van der Waals surface area contributed by atoms with Gasteiger partial charge in [-0.3, -0.25) is 9.69 Å². The minimum Gasteiger partial charge on any atom is -0.379 e. The number of carbonyl (C=O) groups excluding carboxylic acids is 1. The molecule has 1 saturated heterocycles. The van der Waals surface area contributed by atoms with Gasteiger partial charge in [-0.1, -0.05) is 0 Å². The highest BCUT2D eigenvalue weighted by Gasteiger charge is 2.14. The van der Waals surface area contributed by atoms with Crippen molar-refractivity contribution in [3.05, 3.63) is 17.8 Å². The standard InChI is InChI=1S/C14H23N5O2/c1-3-15-14(20)12-4-5-13(18-17-12)16-11(2)10-19-6-8-21-9-7-19/h4-5,11H,3,6-10H2,1-2H3,(H,15,20)(H,16,18). The van der Waals surface area contributed by atoms with Crippen molar-refractivity contribution in [3.8, 4) is 0 Å². The number of nitrogens with zero attached hydrogens (tertiary/aromatic N) is 3. The molecule has 0 aliphatic carbocycles. The van der Waals surface area contributed by atoms with Crippen LogP contribution in [0.1, 0.15) is 24.3 Å². The molecule has 116 valence electrons. The number of morpholine rings is 1. The van der Waals surface area contributed by atoms with Crippen LogP contribution in [0.2, 0.25) is 0 Å². The molecule has 1 unspecified atom stereocenters. The highest BCUT2D eigenvalue weighted by atomic mass is 16.5. The maximum absolute atomic E-state index is 11.6. The highest BCUT2D eigenvalue weighted by molar-refractivity contribution is 5.92. The van der Waals surface area contributed by atoms with Crippen molar-refractivity contribution >= 4 is 11.7 Å². The van der Waals surface area contributed by atoms with E-state index in [1.54, 1.807) is 12.1 Å². The van der Waals surface area contributed by atoms with Gasteiger partial charge < -0.3 is 15.4 Å². The lowest BCUT2D eigenvalue weighted by Crippen LogP contribution is -2.42. The largest absolute Gasteiger partial charge is 0.379 e. The molecule has 0 aromatic carbocycles. The number of rotatable bonds is 6. The van der Waals surface area contributed by atoms with Gasteiger partial charge in [-0.05, 0) is 26.0 Å². The lowest BCUT2D eigenvalue weighted by molar-refractivity contribution is 0.0368. The second-order valence-corrected chi connectivity index (χ2v) is 5.12. The summed E-state index contributed by atoms with van der Waals surface area (Å²) in [6.07, 6.45) is 0. The number of carbonyl (C=O) groups is 1. The molecule has 7 nitrogen and oxygen atoms in total. The van der Waals surface area contributed by atoms with E-state index in [1.165, 1.54) is 0 Å². The van der Waals surface area contributed by atoms with Crippen molar-refractivity contribution in [2.75, 3.05) is 44.7 Å². The van der Waals surface area contributed by atoms with Gasteiger partial charge in [0.1, 0.15) is 5.82 Å². The zero-order chi connectivity index (χ0) is 15.1. The Bertz CT molecular complexity index is 445. The first-order valence-electron chi connectivity index (χ1n) is 7.37. The van der Waals surface area contributed by atoms with Crippen molar-refractivity contribution in [2.24, 2.45) is 0 Å². The normalized spacial score (nSPS) is 17.2. The Balaban J connectivity index is 1.83. The Morgan fingerprint density at radius 1 is 1.38 bits per heavy atom. The van der Waals surface area contributed by atoms with Crippen molar-refractivity contribution < 1.29 is 9.53 Å². The minimum absolute atomic E-state index is 0.196. The van der Waals surface area contributed by atoms with Crippen LogP contribution in [-0.4, -0.2) is 66.4 Å². The molecule has 21 heavy (non-hydrogen) atoms. The Morgan fingerprint density at radius 2 is 2.14 bits per heavy atom. The molecule has 1 atom stereocenters. The summed E-state index contributed by atoms with van der Waals surface area (Å²) in [5, 5.41) is 14.0. The average Bonchev–Trinajstić information content (AvgIpc) is 2.49. The van der Waals surface area contributed by atoms with Crippen LogP contribution in [0, 0.1) is 0 Å². The van der Waals surface area contributed by atoms with Crippen LogP contribution in [0.15, 0.2) is 12.1 Å². The quantitative estimate of drug-likeness (QED) is 0.788. The number of nitrogens with one attached hydrogen (secondary N) is 2. The maximum Gasteiger partial charge on any atom is 0.271 e. The lowest BCUT2D eigenvalue weighted by atomic mass is 10.2. The Hall–Kier alpha value is -1.73. The van der Waals surface area contributed by atoms with Crippen LogP contribution < -0.4 is 10.6 Å². The summed E-state index contributed by atoms with van der Waals surface area (Å²) in [5.74, 6) is 0.488.